The van der Waals surface area contributed by atoms with Gasteiger partial charge in [-0.2, -0.15) is 0 Å². The van der Waals surface area contributed by atoms with Crippen molar-refractivity contribution in [3.05, 3.63) is 59.7 Å². The minimum absolute atomic E-state index is 0.181. The van der Waals surface area contributed by atoms with E-state index in [0.29, 0.717) is 21.6 Å². The number of benzene rings is 2. The van der Waals surface area contributed by atoms with Crippen LogP contribution in [0.4, 0.5) is 20.2 Å². The van der Waals surface area contributed by atoms with Crippen LogP contribution >= 0.6 is 0 Å². The van der Waals surface area contributed by atoms with Crippen LogP contribution in [-0.4, -0.2) is 32.9 Å². The average Bonchev–Trinajstić information content (AvgIpc) is 2.54. The predicted molar refractivity (Wildman–Crippen MR) is 93.6 cm³/mol. The Bertz CT molecular complexity index is 961. The Hall–Kier alpha value is -2.81. The SMILES string of the molecule is CC(=O)c1cccc(NC(=O)CN(c2ccc(F)c(F)c2)S(C)(=O)=O)c1. The molecule has 0 aromatic heterocycles. The molecular formula is C17H16F2N2O4S. The van der Waals surface area contributed by atoms with Gasteiger partial charge in [0, 0.05) is 17.3 Å². The predicted octanol–water partition coefficient (Wildman–Crippen LogP) is 2.57. The molecule has 0 fully saturated rings. The highest BCUT2D eigenvalue weighted by molar-refractivity contribution is 7.92. The van der Waals surface area contributed by atoms with Crippen LogP contribution in [0.5, 0.6) is 0 Å². The molecule has 0 saturated carbocycles. The van der Waals surface area contributed by atoms with Crippen molar-refractivity contribution in [1.29, 1.82) is 0 Å². The number of nitrogens with one attached hydrogen (secondary N) is 1. The number of hydrogen-bond donors (Lipinski definition) is 1. The summed E-state index contributed by atoms with van der Waals surface area (Å²) in [6.45, 7) is 0.726. The lowest BCUT2D eigenvalue weighted by molar-refractivity contribution is -0.114. The van der Waals surface area contributed by atoms with Crippen molar-refractivity contribution in [3.63, 3.8) is 0 Å². The van der Waals surface area contributed by atoms with Crippen LogP contribution in [0.2, 0.25) is 0 Å². The molecule has 1 amide bonds. The number of hydrogen-bond acceptors (Lipinski definition) is 4. The van der Waals surface area contributed by atoms with Crippen molar-refractivity contribution in [2.24, 2.45) is 0 Å². The van der Waals surface area contributed by atoms with Crippen LogP contribution in [0.25, 0.3) is 0 Å². The van der Waals surface area contributed by atoms with Crippen molar-refractivity contribution in [2.45, 2.75) is 6.92 Å². The van der Waals surface area contributed by atoms with E-state index in [0.717, 1.165) is 18.4 Å². The molecule has 0 aliphatic carbocycles. The van der Waals surface area contributed by atoms with Gasteiger partial charge in [0.2, 0.25) is 15.9 Å². The van der Waals surface area contributed by atoms with Crippen molar-refractivity contribution in [2.75, 3.05) is 22.4 Å². The monoisotopic (exact) mass is 382 g/mol. The van der Waals surface area contributed by atoms with E-state index in [1.807, 2.05) is 0 Å². The second-order valence-corrected chi connectivity index (χ2v) is 7.46. The van der Waals surface area contributed by atoms with Gasteiger partial charge in [0.1, 0.15) is 6.54 Å². The number of carbonyl (C=O) groups is 2. The number of ketones is 1. The third-order valence-electron chi connectivity index (χ3n) is 3.43. The third kappa shape index (κ3) is 4.85. The van der Waals surface area contributed by atoms with Crippen LogP contribution in [0.15, 0.2) is 42.5 Å². The van der Waals surface area contributed by atoms with Crippen LogP contribution < -0.4 is 9.62 Å². The summed E-state index contributed by atoms with van der Waals surface area (Å²) >= 11 is 0. The van der Waals surface area contributed by atoms with Gasteiger partial charge in [-0.1, -0.05) is 12.1 Å². The van der Waals surface area contributed by atoms with Crippen molar-refractivity contribution in [3.8, 4) is 0 Å². The molecular weight excluding hydrogens is 366 g/mol. The molecule has 138 valence electrons. The second-order valence-electron chi connectivity index (χ2n) is 5.55. The minimum Gasteiger partial charge on any atom is -0.324 e. The number of halogens is 2. The van der Waals surface area contributed by atoms with Crippen molar-refractivity contribution in [1.82, 2.24) is 0 Å². The highest BCUT2D eigenvalue weighted by Crippen LogP contribution is 2.20. The maximum absolute atomic E-state index is 13.4. The molecule has 0 heterocycles. The molecule has 0 bridgehead atoms. The van der Waals surface area contributed by atoms with Gasteiger partial charge in [0.25, 0.3) is 0 Å². The minimum atomic E-state index is -3.93. The lowest BCUT2D eigenvalue weighted by Gasteiger charge is -2.22. The normalized spacial score (nSPS) is 11.1. The molecule has 0 aliphatic heterocycles. The van der Waals surface area contributed by atoms with Gasteiger partial charge >= 0.3 is 0 Å². The Labute approximate surface area is 149 Å². The number of Topliss-reactive ketones (excluding diaryl/α,β-unsaturated/α-hetero) is 1. The van der Waals surface area contributed by atoms with Crippen LogP contribution in [-0.2, 0) is 14.8 Å². The largest absolute Gasteiger partial charge is 0.324 e. The first-order valence-corrected chi connectivity index (χ1v) is 9.26. The Kier molecular flexibility index (Phi) is 5.71. The van der Waals surface area contributed by atoms with E-state index >= 15 is 0 Å². The lowest BCUT2D eigenvalue weighted by atomic mass is 10.1. The summed E-state index contributed by atoms with van der Waals surface area (Å²) in [4.78, 5) is 23.6. The summed E-state index contributed by atoms with van der Waals surface area (Å²) in [5.74, 6) is -3.26. The van der Waals surface area contributed by atoms with Gasteiger partial charge in [0.15, 0.2) is 17.4 Å². The number of sulfonamides is 1. The van der Waals surface area contributed by atoms with Gasteiger partial charge in [-0.3, -0.25) is 13.9 Å². The Morgan fingerprint density at radius 2 is 1.77 bits per heavy atom. The zero-order chi connectivity index (χ0) is 19.5. The van der Waals surface area contributed by atoms with Gasteiger partial charge < -0.3 is 5.32 Å². The molecule has 26 heavy (non-hydrogen) atoms. The summed E-state index contributed by atoms with van der Waals surface area (Å²) in [5, 5.41) is 2.47. The number of anilines is 2. The summed E-state index contributed by atoms with van der Waals surface area (Å²) < 4.78 is 51.0. The fourth-order valence-corrected chi connectivity index (χ4v) is 3.04. The van der Waals surface area contributed by atoms with Gasteiger partial charge in [-0.15, -0.1) is 0 Å². The van der Waals surface area contributed by atoms with Crippen LogP contribution in [0.1, 0.15) is 17.3 Å². The summed E-state index contributed by atoms with van der Waals surface area (Å²) in [7, 11) is -3.93. The number of amides is 1. The summed E-state index contributed by atoms with van der Waals surface area (Å²) in [6.07, 6.45) is 0.845. The Balaban J connectivity index is 2.23. The Morgan fingerprint density at radius 3 is 2.35 bits per heavy atom. The number of rotatable bonds is 6. The molecule has 1 N–H and O–H groups in total. The van der Waals surface area contributed by atoms with Gasteiger partial charge in [-0.05, 0) is 31.2 Å². The molecule has 0 radical (unpaired) electrons. The number of carbonyl (C=O) groups excluding carboxylic acids is 2. The molecule has 0 atom stereocenters. The molecule has 0 aliphatic rings. The molecule has 0 saturated heterocycles. The van der Waals surface area contributed by atoms with E-state index in [9.17, 15) is 26.8 Å². The standard InChI is InChI=1S/C17H16F2N2O4S/c1-11(22)12-4-3-5-13(8-12)20-17(23)10-21(26(2,24)25)14-6-7-15(18)16(19)9-14/h3-9H,10H2,1-2H3,(H,20,23). The molecule has 6 nitrogen and oxygen atoms in total. The Morgan fingerprint density at radius 1 is 1.08 bits per heavy atom. The lowest BCUT2D eigenvalue weighted by Crippen LogP contribution is -2.37. The maximum atomic E-state index is 13.4. The van der Waals surface area contributed by atoms with Gasteiger partial charge in [0.05, 0.1) is 11.9 Å². The van der Waals surface area contributed by atoms with E-state index in [2.05, 4.69) is 5.32 Å². The molecule has 0 spiro atoms. The average molecular weight is 382 g/mol. The molecule has 2 rings (SSSR count). The second kappa shape index (κ2) is 7.61. The highest BCUT2D eigenvalue weighted by Gasteiger charge is 2.22. The zero-order valence-corrected chi connectivity index (χ0v) is 14.8. The van der Waals surface area contributed by atoms with Crippen LogP contribution in [0.3, 0.4) is 0 Å². The first-order chi connectivity index (χ1) is 12.1. The smallest absolute Gasteiger partial charge is 0.245 e. The highest BCUT2D eigenvalue weighted by atomic mass is 32.2. The van der Waals surface area contributed by atoms with E-state index in [4.69, 9.17) is 0 Å². The zero-order valence-electron chi connectivity index (χ0n) is 14.0. The first kappa shape index (κ1) is 19.5. The molecule has 2 aromatic carbocycles. The quantitative estimate of drug-likeness (QED) is 0.779. The van der Waals surface area contributed by atoms with E-state index in [-0.39, 0.29) is 11.5 Å². The summed E-state index contributed by atoms with van der Waals surface area (Å²) in [6, 6.07) is 8.65. The summed E-state index contributed by atoms with van der Waals surface area (Å²) in [5.41, 5.74) is 0.504. The van der Waals surface area contributed by atoms with E-state index in [1.54, 1.807) is 12.1 Å². The van der Waals surface area contributed by atoms with E-state index < -0.39 is 34.1 Å². The van der Waals surface area contributed by atoms with Crippen LogP contribution in [0, 0.1) is 11.6 Å². The first-order valence-electron chi connectivity index (χ1n) is 7.41. The number of nitrogens with zero attached hydrogens (tertiary/aromatic N) is 1. The van der Waals surface area contributed by atoms with Crippen molar-refractivity contribution >= 4 is 33.1 Å². The molecule has 2 aromatic rings. The molecule has 0 unspecified atom stereocenters. The van der Waals surface area contributed by atoms with E-state index in [1.165, 1.54) is 19.1 Å². The fourth-order valence-electron chi connectivity index (χ4n) is 2.19. The van der Waals surface area contributed by atoms with Crippen molar-refractivity contribution < 1.29 is 26.8 Å². The topological polar surface area (TPSA) is 83.6 Å². The van der Waals surface area contributed by atoms with Gasteiger partial charge in [-0.25, -0.2) is 17.2 Å². The molecule has 9 heteroatoms. The fraction of sp³-hybridized carbons (Fsp3) is 0.176. The third-order valence-corrected chi connectivity index (χ3v) is 4.57. The maximum Gasteiger partial charge on any atom is 0.245 e.